The number of benzene rings is 1. The molecule has 0 amide bonds. The first kappa shape index (κ1) is 11.3. The Bertz CT molecular complexity index is 460. The van der Waals surface area contributed by atoms with Gasteiger partial charge in [0.2, 0.25) is 0 Å². The van der Waals surface area contributed by atoms with E-state index in [-0.39, 0.29) is 0 Å². The third-order valence-corrected chi connectivity index (χ3v) is 3.82. The number of nitrogens with zero attached hydrogens (tertiary/aromatic N) is 1. The molecule has 3 heteroatoms. The lowest BCUT2D eigenvalue weighted by molar-refractivity contribution is 0.887. The van der Waals surface area contributed by atoms with E-state index in [0.29, 0.717) is 12.5 Å². The molecule has 84 valence electrons. The van der Waals surface area contributed by atoms with E-state index in [9.17, 15) is 0 Å². The molecule has 16 heavy (non-hydrogen) atoms. The van der Waals surface area contributed by atoms with Gasteiger partial charge in [0, 0.05) is 17.0 Å². The van der Waals surface area contributed by atoms with Crippen LogP contribution in [-0.4, -0.2) is 4.98 Å². The average molecular weight is 232 g/mol. The van der Waals surface area contributed by atoms with Gasteiger partial charge in [0.25, 0.3) is 0 Å². The second kappa shape index (κ2) is 4.76. The van der Waals surface area contributed by atoms with Gasteiger partial charge in [-0.2, -0.15) is 0 Å². The Morgan fingerprint density at radius 1 is 1.25 bits per heavy atom. The van der Waals surface area contributed by atoms with E-state index in [1.807, 2.05) is 18.2 Å². The van der Waals surface area contributed by atoms with Crippen LogP contribution >= 0.6 is 11.3 Å². The Morgan fingerprint density at radius 2 is 1.94 bits per heavy atom. The van der Waals surface area contributed by atoms with Crippen LogP contribution in [0, 0.1) is 0 Å². The second-order valence-corrected chi connectivity index (χ2v) is 5.16. The van der Waals surface area contributed by atoms with Crippen molar-refractivity contribution in [3.8, 4) is 11.3 Å². The van der Waals surface area contributed by atoms with E-state index in [1.165, 1.54) is 10.4 Å². The zero-order chi connectivity index (χ0) is 11.5. The first-order chi connectivity index (χ1) is 7.72. The van der Waals surface area contributed by atoms with Crippen LogP contribution in [0.2, 0.25) is 0 Å². The molecule has 1 aromatic carbocycles. The smallest absolute Gasteiger partial charge is 0.107 e. The Labute approximate surface area is 100 Å². The second-order valence-electron chi connectivity index (χ2n) is 4.05. The molecular formula is C13H16N2S. The summed E-state index contributed by atoms with van der Waals surface area (Å²) in [7, 11) is 0. The third-order valence-electron chi connectivity index (χ3n) is 2.44. The van der Waals surface area contributed by atoms with Crippen LogP contribution in [0.25, 0.3) is 11.3 Å². The van der Waals surface area contributed by atoms with Crippen molar-refractivity contribution in [1.82, 2.24) is 4.98 Å². The highest BCUT2D eigenvalue weighted by Gasteiger charge is 2.14. The molecule has 0 aliphatic carbocycles. The molecule has 0 saturated carbocycles. The molecule has 0 bridgehead atoms. The molecule has 0 atom stereocenters. The number of thiazole rings is 1. The molecule has 0 fully saturated rings. The lowest BCUT2D eigenvalue weighted by Crippen LogP contribution is -1.94. The normalized spacial score (nSPS) is 11.0. The van der Waals surface area contributed by atoms with Gasteiger partial charge in [-0.3, -0.25) is 0 Å². The summed E-state index contributed by atoms with van der Waals surface area (Å²) in [5.41, 5.74) is 7.94. The summed E-state index contributed by atoms with van der Waals surface area (Å²) < 4.78 is 0. The SMILES string of the molecule is CC(C)c1sc(CN)nc1-c1ccccc1. The fourth-order valence-corrected chi connectivity index (χ4v) is 2.63. The first-order valence-electron chi connectivity index (χ1n) is 5.47. The van der Waals surface area contributed by atoms with E-state index < -0.39 is 0 Å². The maximum absolute atomic E-state index is 5.66. The highest BCUT2D eigenvalue weighted by atomic mass is 32.1. The molecule has 0 aliphatic rings. The van der Waals surface area contributed by atoms with Crippen molar-refractivity contribution < 1.29 is 0 Å². The molecule has 0 saturated heterocycles. The predicted octanol–water partition coefficient (Wildman–Crippen LogP) is 3.39. The highest BCUT2D eigenvalue weighted by Crippen LogP contribution is 2.33. The largest absolute Gasteiger partial charge is 0.325 e. The maximum atomic E-state index is 5.66. The minimum Gasteiger partial charge on any atom is -0.325 e. The molecule has 2 aromatic rings. The van der Waals surface area contributed by atoms with Gasteiger partial charge in [-0.15, -0.1) is 11.3 Å². The third kappa shape index (κ3) is 2.15. The predicted molar refractivity (Wildman–Crippen MR) is 69.5 cm³/mol. The zero-order valence-corrected chi connectivity index (χ0v) is 10.4. The van der Waals surface area contributed by atoms with Gasteiger partial charge in [-0.05, 0) is 5.92 Å². The minimum atomic E-state index is 0.494. The molecule has 0 radical (unpaired) electrons. The lowest BCUT2D eigenvalue weighted by atomic mass is 10.1. The van der Waals surface area contributed by atoms with E-state index in [0.717, 1.165) is 10.7 Å². The van der Waals surface area contributed by atoms with Gasteiger partial charge < -0.3 is 5.73 Å². The summed E-state index contributed by atoms with van der Waals surface area (Å²) in [6.45, 7) is 4.91. The summed E-state index contributed by atoms with van der Waals surface area (Å²) in [5, 5.41) is 1.02. The van der Waals surface area contributed by atoms with Crippen LogP contribution in [0.5, 0.6) is 0 Å². The van der Waals surface area contributed by atoms with Crippen LogP contribution < -0.4 is 5.73 Å². The Hall–Kier alpha value is -1.19. The molecular weight excluding hydrogens is 216 g/mol. The number of rotatable bonds is 3. The van der Waals surface area contributed by atoms with Crippen molar-refractivity contribution >= 4 is 11.3 Å². The monoisotopic (exact) mass is 232 g/mol. The number of hydrogen-bond donors (Lipinski definition) is 1. The molecule has 0 aliphatic heterocycles. The van der Waals surface area contributed by atoms with Gasteiger partial charge in [0.15, 0.2) is 0 Å². The van der Waals surface area contributed by atoms with E-state index in [4.69, 9.17) is 5.73 Å². The Kier molecular flexibility index (Phi) is 3.36. The molecule has 2 nitrogen and oxygen atoms in total. The van der Waals surface area contributed by atoms with Crippen LogP contribution in [0.1, 0.15) is 29.7 Å². The summed E-state index contributed by atoms with van der Waals surface area (Å²) >= 11 is 1.73. The summed E-state index contributed by atoms with van der Waals surface area (Å²) in [6, 6.07) is 10.3. The summed E-state index contributed by atoms with van der Waals surface area (Å²) in [4.78, 5) is 5.94. The minimum absolute atomic E-state index is 0.494. The van der Waals surface area contributed by atoms with Gasteiger partial charge in [0.05, 0.1) is 5.69 Å². The van der Waals surface area contributed by atoms with Gasteiger partial charge in [0.1, 0.15) is 5.01 Å². The Morgan fingerprint density at radius 3 is 2.50 bits per heavy atom. The highest BCUT2D eigenvalue weighted by molar-refractivity contribution is 7.12. The van der Waals surface area contributed by atoms with Crippen molar-refractivity contribution in [3.05, 3.63) is 40.2 Å². The van der Waals surface area contributed by atoms with Crippen LogP contribution in [0.15, 0.2) is 30.3 Å². The molecule has 0 spiro atoms. The molecule has 2 N–H and O–H groups in total. The van der Waals surface area contributed by atoms with Crippen molar-refractivity contribution in [2.24, 2.45) is 5.73 Å². The standard InChI is InChI=1S/C13H16N2S/c1-9(2)13-12(15-11(8-14)16-13)10-6-4-3-5-7-10/h3-7,9H,8,14H2,1-2H3. The Balaban J connectivity index is 2.51. The van der Waals surface area contributed by atoms with Crippen molar-refractivity contribution in [2.45, 2.75) is 26.3 Å². The molecule has 1 aromatic heterocycles. The van der Waals surface area contributed by atoms with Crippen LogP contribution in [0.3, 0.4) is 0 Å². The molecule has 1 heterocycles. The van der Waals surface area contributed by atoms with E-state index >= 15 is 0 Å². The summed E-state index contributed by atoms with van der Waals surface area (Å²) in [6.07, 6.45) is 0. The van der Waals surface area contributed by atoms with Crippen molar-refractivity contribution in [3.63, 3.8) is 0 Å². The van der Waals surface area contributed by atoms with Crippen molar-refractivity contribution in [2.75, 3.05) is 0 Å². The maximum Gasteiger partial charge on any atom is 0.107 e. The van der Waals surface area contributed by atoms with Crippen molar-refractivity contribution in [1.29, 1.82) is 0 Å². The van der Waals surface area contributed by atoms with Gasteiger partial charge in [-0.1, -0.05) is 44.2 Å². The van der Waals surface area contributed by atoms with Gasteiger partial charge >= 0.3 is 0 Å². The lowest BCUT2D eigenvalue weighted by Gasteiger charge is -2.04. The number of nitrogens with two attached hydrogens (primary N) is 1. The van der Waals surface area contributed by atoms with Gasteiger partial charge in [-0.25, -0.2) is 4.98 Å². The summed E-state index contributed by atoms with van der Waals surface area (Å²) in [5.74, 6) is 0.494. The fourth-order valence-electron chi connectivity index (χ4n) is 1.66. The topological polar surface area (TPSA) is 38.9 Å². The zero-order valence-electron chi connectivity index (χ0n) is 9.60. The van der Waals surface area contributed by atoms with Crippen LogP contribution in [-0.2, 0) is 6.54 Å². The quantitative estimate of drug-likeness (QED) is 0.881. The fraction of sp³-hybridized carbons (Fsp3) is 0.308. The number of aromatic nitrogens is 1. The first-order valence-corrected chi connectivity index (χ1v) is 6.29. The number of hydrogen-bond acceptors (Lipinski definition) is 3. The average Bonchev–Trinajstić information content (AvgIpc) is 2.74. The molecule has 0 unspecified atom stereocenters. The van der Waals surface area contributed by atoms with Crippen LogP contribution in [0.4, 0.5) is 0 Å². The van der Waals surface area contributed by atoms with E-state index in [2.05, 4.69) is 31.0 Å². The molecule has 2 rings (SSSR count). The van der Waals surface area contributed by atoms with E-state index in [1.54, 1.807) is 11.3 Å².